The fraction of sp³-hybridized carbons (Fsp3) is 0.571. The molecule has 0 aromatic carbocycles. The highest BCUT2D eigenvalue weighted by Gasteiger charge is 2.43. The van der Waals surface area contributed by atoms with Gasteiger partial charge >= 0.3 is 12.3 Å². The van der Waals surface area contributed by atoms with Crippen LogP contribution in [-0.4, -0.2) is 59.9 Å². The summed E-state index contributed by atoms with van der Waals surface area (Å²) in [6.45, 7) is 6.71. The van der Waals surface area contributed by atoms with Crippen molar-refractivity contribution in [3.05, 3.63) is 30.2 Å². The van der Waals surface area contributed by atoms with Gasteiger partial charge in [-0.15, -0.1) is 0 Å². The molecule has 13 heteroatoms. The fourth-order valence-corrected chi connectivity index (χ4v) is 3.51. The SMILES string of the molecule is CCCC[C@@H](C(=O)C(=O)Nc1ccn[nH]1)N(C(=O)O)[C@H](Cn1ccc(C(F)(F)F)n1)C(C)(C)C. The molecule has 2 heterocycles. The van der Waals surface area contributed by atoms with Crippen molar-refractivity contribution in [2.75, 3.05) is 5.32 Å². The van der Waals surface area contributed by atoms with Gasteiger partial charge in [-0.2, -0.15) is 23.4 Å². The first-order valence-corrected chi connectivity index (χ1v) is 10.7. The first-order valence-electron chi connectivity index (χ1n) is 10.7. The van der Waals surface area contributed by atoms with Gasteiger partial charge in [0.25, 0.3) is 5.91 Å². The van der Waals surface area contributed by atoms with E-state index in [2.05, 4.69) is 20.6 Å². The standard InChI is InChI=1S/C21H29F3N6O4/c1-5-6-7-13(17(31)18(32)26-16-8-10-25-27-16)30(19(33)34)15(20(2,3)4)12-29-11-9-14(28-29)21(22,23)24/h8-11,13,15H,5-7,12H2,1-4H3,(H,33,34)(H2,25,26,27,32)/t13-,15+/m0/s1. The number of nitrogens with zero attached hydrogens (tertiary/aromatic N) is 4. The van der Waals surface area contributed by atoms with Gasteiger partial charge in [0.1, 0.15) is 11.9 Å². The second kappa shape index (κ2) is 10.7. The normalized spacial score (nSPS) is 13.9. The highest BCUT2D eigenvalue weighted by atomic mass is 19.4. The zero-order chi connectivity index (χ0) is 25.7. The number of Topliss-reactive ketones (excluding diaryl/α,β-unsaturated/α-hetero) is 1. The smallest absolute Gasteiger partial charge is 0.435 e. The van der Waals surface area contributed by atoms with Gasteiger partial charge in [-0.05, 0) is 17.9 Å². The van der Waals surface area contributed by atoms with E-state index < -0.39 is 47.2 Å². The van der Waals surface area contributed by atoms with Crippen LogP contribution in [0.25, 0.3) is 0 Å². The Labute approximate surface area is 194 Å². The maximum absolute atomic E-state index is 13.1. The van der Waals surface area contributed by atoms with Crippen LogP contribution in [0.15, 0.2) is 24.5 Å². The number of hydrogen-bond acceptors (Lipinski definition) is 5. The number of carboxylic acid groups (broad SMARTS) is 1. The van der Waals surface area contributed by atoms with Gasteiger partial charge in [-0.3, -0.25) is 24.3 Å². The molecule has 2 rings (SSSR count). The summed E-state index contributed by atoms with van der Waals surface area (Å²) in [5.74, 6) is -1.84. The van der Waals surface area contributed by atoms with Gasteiger partial charge in [-0.1, -0.05) is 40.5 Å². The van der Waals surface area contributed by atoms with Crippen LogP contribution in [-0.2, 0) is 22.3 Å². The average molecular weight is 486 g/mol. The molecule has 2 aromatic rings. The van der Waals surface area contributed by atoms with Crippen molar-refractivity contribution in [1.82, 2.24) is 24.9 Å². The van der Waals surface area contributed by atoms with Crippen molar-refractivity contribution in [3.8, 4) is 0 Å². The molecule has 0 fully saturated rings. The maximum Gasteiger partial charge on any atom is 0.435 e. The van der Waals surface area contributed by atoms with E-state index in [1.54, 1.807) is 20.8 Å². The van der Waals surface area contributed by atoms with Crippen LogP contribution in [0.1, 0.15) is 52.7 Å². The number of rotatable bonds is 10. The number of anilines is 1. The number of aromatic nitrogens is 4. The van der Waals surface area contributed by atoms with Crippen molar-refractivity contribution in [1.29, 1.82) is 0 Å². The molecule has 0 aliphatic carbocycles. The second-order valence-corrected chi connectivity index (χ2v) is 8.94. The molecule has 2 aromatic heterocycles. The molecule has 10 nitrogen and oxygen atoms in total. The topological polar surface area (TPSA) is 133 Å². The Balaban J connectivity index is 2.42. The summed E-state index contributed by atoms with van der Waals surface area (Å²) in [5.41, 5.74) is -1.92. The van der Waals surface area contributed by atoms with E-state index in [0.29, 0.717) is 12.8 Å². The summed E-state index contributed by atoms with van der Waals surface area (Å²) in [5, 5.41) is 22.1. The van der Waals surface area contributed by atoms with Gasteiger partial charge in [0.05, 0.1) is 18.8 Å². The molecule has 3 N–H and O–H groups in total. The van der Waals surface area contributed by atoms with Crippen LogP contribution in [0.2, 0.25) is 0 Å². The zero-order valence-electron chi connectivity index (χ0n) is 19.4. The zero-order valence-corrected chi connectivity index (χ0v) is 19.4. The van der Waals surface area contributed by atoms with E-state index in [9.17, 15) is 32.7 Å². The van der Waals surface area contributed by atoms with E-state index in [0.717, 1.165) is 21.8 Å². The molecule has 0 aliphatic heterocycles. The number of carbonyl (C=O) groups excluding carboxylic acids is 2. The lowest BCUT2D eigenvalue weighted by atomic mass is 9.84. The van der Waals surface area contributed by atoms with Crippen LogP contribution in [0.5, 0.6) is 0 Å². The van der Waals surface area contributed by atoms with Gasteiger partial charge in [0, 0.05) is 12.3 Å². The minimum absolute atomic E-state index is 0.0670. The first-order chi connectivity index (χ1) is 15.8. The van der Waals surface area contributed by atoms with E-state index in [4.69, 9.17) is 0 Å². The number of H-pyrrole nitrogens is 1. The molecule has 188 valence electrons. The molecule has 0 saturated heterocycles. The first kappa shape index (κ1) is 26.9. The fourth-order valence-electron chi connectivity index (χ4n) is 3.51. The molecule has 0 radical (unpaired) electrons. The number of amides is 2. The third-order valence-corrected chi connectivity index (χ3v) is 5.29. The molecule has 2 amide bonds. The van der Waals surface area contributed by atoms with Crippen molar-refractivity contribution < 1.29 is 32.7 Å². The lowest BCUT2D eigenvalue weighted by molar-refractivity contribution is -0.141. The summed E-state index contributed by atoms with van der Waals surface area (Å²) in [6, 6.07) is -0.101. The van der Waals surface area contributed by atoms with Gasteiger partial charge in [0.2, 0.25) is 5.78 Å². The van der Waals surface area contributed by atoms with E-state index in [1.807, 2.05) is 6.92 Å². The molecule has 0 bridgehead atoms. The number of carbonyl (C=O) groups is 3. The largest absolute Gasteiger partial charge is 0.465 e. The van der Waals surface area contributed by atoms with Crippen LogP contribution in [0, 0.1) is 5.41 Å². The monoisotopic (exact) mass is 486 g/mol. The molecule has 2 atom stereocenters. The lowest BCUT2D eigenvalue weighted by Gasteiger charge is -2.42. The van der Waals surface area contributed by atoms with Gasteiger partial charge in [0.15, 0.2) is 5.69 Å². The quantitative estimate of drug-likeness (QED) is 0.438. The van der Waals surface area contributed by atoms with Crippen molar-refractivity contribution >= 4 is 23.6 Å². The number of alkyl halides is 3. The summed E-state index contributed by atoms with van der Waals surface area (Å²) in [4.78, 5) is 39.0. The van der Waals surface area contributed by atoms with Gasteiger partial charge in [-0.25, -0.2) is 4.79 Å². The Morgan fingerprint density at radius 3 is 2.38 bits per heavy atom. The molecule has 34 heavy (non-hydrogen) atoms. The van der Waals surface area contributed by atoms with Gasteiger partial charge < -0.3 is 10.4 Å². The van der Waals surface area contributed by atoms with E-state index in [-0.39, 0.29) is 18.8 Å². The Bertz CT molecular complexity index is 982. The van der Waals surface area contributed by atoms with Crippen LogP contribution in [0.4, 0.5) is 23.8 Å². The molecule has 0 unspecified atom stereocenters. The Hall–Kier alpha value is -3.38. The summed E-state index contributed by atoms with van der Waals surface area (Å²) < 4.78 is 40.0. The third kappa shape index (κ3) is 6.81. The molecular weight excluding hydrogens is 457 g/mol. The second-order valence-electron chi connectivity index (χ2n) is 8.94. The Morgan fingerprint density at radius 1 is 1.24 bits per heavy atom. The number of nitrogens with one attached hydrogen (secondary N) is 2. The average Bonchev–Trinajstić information content (AvgIpc) is 3.40. The van der Waals surface area contributed by atoms with E-state index >= 15 is 0 Å². The van der Waals surface area contributed by atoms with E-state index in [1.165, 1.54) is 12.3 Å². The van der Waals surface area contributed by atoms with Crippen LogP contribution >= 0.6 is 0 Å². The third-order valence-electron chi connectivity index (χ3n) is 5.29. The van der Waals surface area contributed by atoms with Crippen molar-refractivity contribution in [3.63, 3.8) is 0 Å². The number of unbranched alkanes of at least 4 members (excludes halogenated alkanes) is 1. The summed E-state index contributed by atoms with van der Waals surface area (Å²) >= 11 is 0. The predicted molar refractivity (Wildman–Crippen MR) is 116 cm³/mol. The maximum atomic E-state index is 13.1. The highest BCUT2D eigenvalue weighted by molar-refractivity contribution is 6.42. The molecule has 0 spiro atoms. The lowest BCUT2D eigenvalue weighted by Crippen LogP contribution is -2.57. The van der Waals surface area contributed by atoms with Crippen LogP contribution in [0.3, 0.4) is 0 Å². The minimum atomic E-state index is -4.65. The molecule has 0 aliphatic rings. The molecule has 0 saturated carbocycles. The summed E-state index contributed by atoms with van der Waals surface area (Å²) in [6.07, 6.45) is -2.49. The molecular formula is C21H29F3N6O4. The van der Waals surface area contributed by atoms with Crippen molar-refractivity contribution in [2.24, 2.45) is 5.41 Å². The predicted octanol–water partition coefficient (Wildman–Crippen LogP) is 3.79. The van der Waals surface area contributed by atoms with Crippen LogP contribution < -0.4 is 5.32 Å². The number of ketones is 1. The minimum Gasteiger partial charge on any atom is -0.465 e. The number of halogens is 3. The van der Waals surface area contributed by atoms with Crippen molar-refractivity contribution in [2.45, 2.75) is 71.8 Å². The highest BCUT2D eigenvalue weighted by Crippen LogP contribution is 2.31. The summed E-state index contributed by atoms with van der Waals surface area (Å²) in [7, 11) is 0. The number of hydrogen-bond donors (Lipinski definition) is 3. The number of aromatic amines is 1. The Morgan fingerprint density at radius 2 is 1.91 bits per heavy atom. The Kier molecular flexibility index (Phi) is 8.46.